The van der Waals surface area contributed by atoms with Crippen molar-refractivity contribution in [1.29, 1.82) is 0 Å². The molecule has 1 amide bonds. The summed E-state index contributed by atoms with van der Waals surface area (Å²) >= 11 is 0. The lowest BCUT2D eigenvalue weighted by atomic mass is 10.0. The third kappa shape index (κ3) is 4.03. The summed E-state index contributed by atoms with van der Waals surface area (Å²) in [6.45, 7) is 0.238. The first-order valence-electron chi connectivity index (χ1n) is 8.12. The first-order chi connectivity index (χ1) is 12.4. The number of fused-ring (bicyclic) bond motifs is 1. The number of benzene rings is 2. The Morgan fingerprint density at radius 2 is 1.96 bits per heavy atom. The molecule has 0 unspecified atom stereocenters. The van der Waals surface area contributed by atoms with Crippen LogP contribution in [0, 0.1) is 5.82 Å². The number of para-hydroxylation sites is 1. The number of hydrogen-bond acceptors (Lipinski definition) is 4. The highest BCUT2D eigenvalue weighted by atomic mass is 32.2. The second-order valence-electron chi connectivity index (χ2n) is 6.00. The molecule has 26 heavy (non-hydrogen) atoms. The Morgan fingerprint density at radius 3 is 2.65 bits per heavy atom. The van der Waals surface area contributed by atoms with Gasteiger partial charge in [-0.3, -0.25) is 4.79 Å². The monoisotopic (exact) mass is 378 g/mol. The number of carbonyl (C=O) groups is 1. The molecule has 138 valence electrons. The molecule has 2 aromatic rings. The van der Waals surface area contributed by atoms with Crippen LogP contribution in [0.5, 0.6) is 5.75 Å². The van der Waals surface area contributed by atoms with Gasteiger partial charge < -0.3 is 10.1 Å². The van der Waals surface area contributed by atoms with E-state index in [4.69, 9.17) is 4.74 Å². The minimum atomic E-state index is -3.66. The summed E-state index contributed by atoms with van der Waals surface area (Å²) in [5.74, 6) is -0.876. The average molecular weight is 378 g/mol. The van der Waals surface area contributed by atoms with Gasteiger partial charge in [0.1, 0.15) is 0 Å². The van der Waals surface area contributed by atoms with Crippen molar-refractivity contribution in [1.82, 2.24) is 10.0 Å². The van der Waals surface area contributed by atoms with Gasteiger partial charge in [-0.2, -0.15) is 0 Å². The molecule has 0 aliphatic carbocycles. The smallest absolute Gasteiger partial charge is 0.251 e. The predicted octanol–water partition coefficient (Wildman–Crippen LogP) is 2.13. The van der Waals surface area contributed by atoms with Crippen LogP contribution in [-0.4, -0.2) is 28.0 Å². The maximum absolute atomic E-state index is 13.8. The first kappa shape index (κ1) is 18.3. The fraction of sp³-hybridized carbons (Fsp3) is 0.278. The lowest BCUT2D eigenvalue weighted by Gasteiger charge is -2.26. The number of hydrogen-bond donors (Lipinski definition) is 2. The van der Waals surface area contributed by atoms with E-state index in [-0.39, 0.29) is 24.0 Å². The molecule has 0 saturated heterocycles. The molecular weight excluding hydrogens is 359 g/mol. The fourth-order valence-corrected chi connectivity index (χ4v) is 4.28. The lowest BCUT2D eigenvalue weighted by molar-refractivity contribution is 0.0963. The number of rotatable bonds is 5. The molecule has 6 nitrogen and oxygen atoms in total. The van der Waals surface area contributed by atoms with Crippen molar-refractivity contribution < 1.29 is 22.3 Å². The van der Waals surface area contributed by atoms with Crippen molar-refractivity contribution >= 4 is 15.9 Å². The second-order valence-corrected chi connectivity index (χ2v) is 7.75. The molecule has 1 aliphatic rings. The molecule has 8 heteroatoms. The van der Waals surface area contributed by atoms with E-state index in [0.717, 1.165) is 0 Å². The fourth-order valence-electron chi connectivity index (χ4n) is 2.88. The van der Waals surface area contributed by atoms with Crippen molar-refractivity contribution in [2.24, 2.45) is 0 Å². The van der Waals surface area contributed by atoms with Crippen molar-refractivity contribution in [2.75, 3.05) is 13.7 Å². The molecule has 0 saturated carbocycles. The summed E-state index contributed by atoms with van der Waals surface area (Å²) in [6, 6.07) is 10.3. The van der Waals surface area contributed by atoms with Gasteiger partial charge in [0.15, 0.2) is 11.6 Å². The van der Waals surface area contributed by atoms with Gasteiger partial charge in [-0.25, -0.2) is 17.5 Å². The SMILES string of the molecule is CNC(=O)c1ccc(CS(=O)(=O)N[C@H]2CCOc3c(F)cccc32)cc1. The van der Waals surface area contributed by atoms with E-state index in [0.29, 0.717) is 23.1 Å². The molecule has 3 rings (SSSR count). The standard InChI is InChI=1S/C18H19FN2O4S/c1-20-18(22)13-7-5-12(6-8-13)11-26(23,24)21-16-9-10-25-17-14(16)3-2-4-15(17)19/h2-8,16,21H,9-11H2,1H3,(H,20,22)/t16-/m0/s1. The van der Waals surface area contributed by atoms with Crippen LogP contribution in [0.3, 0.4) is 0 Å². The molecule has 1 aliphatic heterocycles. The van der Waals surface area contributed by atoms with Gasteiger partial charge in [-0.15, -0.1) is 0 Å². The van der Waals surface area contributed by atoms with Crippen molar-refractivity contribution in [3.05, 3.63) is 65.0 Å². The number of nitrogens with one attached hydrogen (secondary N) is 2. The summed E-state index contributed by atoms with van der Waals surface area (Å²) in [5.41, 5.74) is 1.50. The molecule has 1 heterocycles. The van der Waals surface area contributed by atoms with Crippen LogP contribution in [0.1, 0.15) is 33.9 Å². The Hall–Kier alpha value is -2.45. The lowest BCUT2D eigenvalue weighted by Crippen LogP contribution is -2.33. The Kier molecular flexibility index (Phi) is 5.24. The zero-order valence-corrected chi connectivity index (χ0v) is 15.0. The molecule has 0 spiro atoms. The molecule has 2 N–H and O–H groups in total. The van der Waals surface area contributed by atoms with Gasteiger partial charge >= 0.3 is 0 Å². The largest absolute Gasteiger partial charge is 0.490 e. The van der Waals surface area contributed by atoms with Gasteiger partial charge in [0.2, 0.25) is 10.0 Å². The summed E-state index contributed by atoms with van der Waals surface area (Å²) in [5, 5.41) is 2.51. The summed E-state index contributed by atoms with van der Waals surface area (Å²) in [7, 11) is -2.13. The predicted molar refractivity (Wildman–Crippen MR) is 94.8 cm³/mol. The summed E-state index contributed by atoms with van der Waals surface area (Å²) in [6.07, 6.45) is 0.422. The average Bonchev–Trinajstić information content (AvgIpc) is 2.62. The third-order valence-corrected chi connectivity index (χ3v) is 5.50. The number of ether oxygens (including phenoxy) is 1. The Labute approximate surface area is 151 Å². The Balaban J connectivity index is 1.74. The minimum absolute atomic E-state index is 0.0985. The molecule has 0 fully saturated rings. The van der Waals surface area contributed by atoms with Gasteiger partial charge in [0.05, 0.1) is 18.4 Å². The Bertz CT molecular complexity index is 913. The van der Waals surface area contributed by atoms with E-state index < -0.39 is 21.9 Å². The van der Waals surface area contributed by atoms with Crippen LogP contribution < -0.4 is 14.8 Å². The molecule has 1 atom stereocenters. The van der Waals surface area contributed by atoms with Crippen molar-refractivity contribution in [3.63, 3.8) is 0 Å². The van der Waals surface area contributed by atoms with E-state index in [1.807, 2.05) is 0 Å². The van der Waals surface area contributed by atoms with Crippen LogP contribution in [0.25, 0.3) is 0 Å². The van der Waals surface area contributed by atoms with Crippen LogP contribution >= 0.6 is 0 Å². The Morgan fingerprint density at radius 1 is 1.23 bits per heavy atom. The number of amides is 1. The van der Waals surface area contributed by atoms with Crippen molar-refractivity contribution in [2.45, 2.75) is 18.2 Å². The molecule has 0 radical (unpaired) electrons. The summed E-state index contributed by atoms with van der Waals surface area (Å²) < 4.78 is 46.8. The normalized spacial score (nSPS) is 16.5. The van der Waals surface area contributed by atoms with Gasteiger partial charge in [-0.1, -0.05) is 24.3 Å². The van der Waals surface area contributed by atoms with Crippen LogP contribution in [0.4, 0.5) is 4.39 Å². The van der Waals surface area contributed by atoms with E-state index in [2.05, 4.69) is 10.0 Å². The quantitative estimate of drug-likeness (QED) is 0.835. The second kappa shape index (κ2) is 7.43. The summed E-state index contributed by atoms with van der Waals surface area (Å²) in [4.78, 5) is 11.5. The van der Waals surface area contributed by atoms with Crippen LogP contribution in [-0.2, 0) is 15.8 Å². The highest BCUT2D eigenvalue weighted by Crippen LogP contribution is 2.34. The van der Waals surface area contributed by atoms with Gasteiger partial charge in [0, 0.05) is 24.6 Å². The maximum atomic E-state index is 13.8. The molecule has 0 bridgehead atoms. The van der Waals surface area contributed by atoms with Gasteiger partial charge in [-0.05, 0) is 23.8 Å². The van der Waals surface area contributed by atoms with Crippen LogP contribution in [0.15, 0.2) is 42.5 Å². The van der Waals surface area contributed by atoms with Crippen molar-refractivity contribution in [3.8, 4) is 5.75 Å². The van der Waals surface area contributed by atoms with E-state index in [1.165, 1.54) is 19.2 Å². The zero-order valence-electron chi connectivity index (χ0n) is 14.2. The highest BCUT2D eigenvalue weighted by molar-refractivity contribution is 7.88. The van der Waals surface area contributed by atoms with E-state index in [9.17, 15) is 17.6 Å². The van der Waals surface area contributed by atoms with E-state index >= 15 is 0 Å². The zero-order chi connectivity index (χ0) is 18.7. The first-order valence-corrected chi connectivity index (χ1v) is 9.77. The molecule has 2 aromatic carbocycles. The molecular formula is C18H19FN2O4S. The van der Waals surface area contributed by atoms with Crippen LogP contribution in [0.2, 0.25) is 0 Å². The minimum Gasteiger partial charge on any atom is -0.490 e. The number of sulfonamides is 1. The highest BCUT2D eigenvalue weighted by Gasteiger charge is 2.27. The van der Waals surface area contributed by atoms with Gasteiger partial charge in [0.25, 0.3) is 5.91 Å². The molecule has 0 aromatic heterocycles. The van der Waals surface area contributed by atoms with E-state index in [1.54, 1.807) is 30.3 Å². The maximum Gasteiger partial charge on any atom is 0.251 e. The number of halogens is 1. The third-order valence-electron chi connectivity index (χ3n) is 4.15. The number of carbonyl (C=O) groups excluding carboxylic acids is 1. The topological polar surface area (TPSA) is 84.5 Å².